The number of nitrogens with one attached hydrogen (secondary N) is 1. The second-order valence-electron chi connectivity index (χ2n) is 13.0. The molecule has 0 bridgehead atoms. The van der Waals surface area contributed by atoms with Crippen LogP contribution in [0.2, 0.25) is 0 Å². The highest BCUT2D eigenvalue weighted by Gasteiger charge is 2.38. The number of fused-ring (bicyclic) bond motifs is 5. The van der Waals surface area contributed by atoms with Gasteiger partial charge in [-0.2, -0.15) is 12.7 Å². The van der Waals surface area contributed by atoms with Crippen molar-refractivity contribution in [3.8, 4) is 17.0 Å². The van der Waals surface area contributed by atoms with Crippen LogP contribution < -0.4 is 9.46 Å². The van der Waals surface area contributed by atoms with Crippen LogP contribution in [0.3, 0.4) is 0 Å². The van der Waals surface area contributed by atoms with Gasteiger partial charge in [-0.1, -0.05) is 25.3 Å². The number of hydrogen-bond donors (Lipinski definition) is 4. The fraction of sp³-hybridized carbons (Fsp3) is 0.471. The van der Waals surface area contributed by atoms with Crippen molar-refractivity contribution in [3.63, 3.8) is 0 Å². The summed E-state index contributed by atoms with van der Waals surface area (Å²) in [4.78, 5) is 28.9. The summed E-state index contributed by atoms with van der Waals surface area (Å²) in [5.41, 5.74) is 5.01. The normalized spacial score (nSPS) is 22.0. The minimum Gasteiger partial charge on any atom is -0.497 e. The Morgan fingerprint density at radius 2 is 1.79 bits per heavy atom. The zero-order valence-corrected chi connectivity index (χ0v) is 27.7. The average Bonchev–Trinajstić information content (AvgIpc) is 3.27. The van der Waals surface area contributed by atoms with E-state index in [1.165, 1.54) is 19.0 Å². The quantitative estimate of drug-likeness (QED) is 0.299. The van der Waals surface area contributed by atoms with Gasteiger partial charge in [-0.25, -0.2) is 4.72 Å². The molecule has 2 aliphatic heterocycles. The maximum atomic E-state index is 14.2. The number of carbonyl (C=O) groups is 2. The number of benzene rings is 2. The van der Waals surface area contributed by atoms with E-state index >= 15 is 0 Å². The number of rotatable bonds is 7. The summed E-state index contributed by atoms with van der Waals surface area (Å²) in [5, 5.41) is 31.7. The van der Waals surface area contributed by atoms with Gasteiger partial charge in [0.2, 0.25) is 0 Å². The van der Waals surface area contributed by atoms with E-state index in [1.54, 1.807) is 19.2 Å². The van der Waals surface area contributed by atoms with Gasteiger partial charge in [0, 0.05) is 60.7 Å². The monoisotopic (exact) mass is 666 g/mol. The van der Waals surface area contributed by atoms with Crippen LogP contribution in [-0.2, 0) is 21.5 Å². The first-order chi connectivity index (χ1) is 22.4. The summed E-state index contributed by atoms with van der Waals surface area (Å²) in [6.45, 7) is -0.260. The molecule has 0 spiro atoms. The van der Waals surface area contributed by atoms with Crippen LogP contribution in [0.15, 0.2) is 42.0 Å². The molecule has 252 valence electrons. The average molecular weight is 667 g/mol. The van der Waals surface area contributed by atoms with Gasteiger partial charge >= 0.3 is 10.2 Å². The maximum Gasteiger partial charge on any atom is 0.303 e. The highest BCUT2D eigenvalue weighted by molar-refractivity contribution is 7.87. The van der Waals surface area contributed by atoms with Crippen LogP contribution in [0.1, 0.15) is 59.5 Å². The lowest BCUT2D eigenvalue weighted by Gasteiger charge is -2.39. The van der Waals surface area contributed by atoms with Gasteiger partial charge in [0.15, 0.2) is 0 Å². The number of aromatic nitrogens is 1. The van der Waals surface area contributed by atoms with Crippen LogP contribution >= 0.6 is 0 Å². The molecule has 6 rings (SSSR count). The van der Waals surface area contributed by atoms with Crippen LogP contribution in [0.25, 0.3) is 28.2 Å². The van der Waals surface area contributed by atoms with Gasteiger partial charge < -0.3 is 29.5 Å². The molecule has 1 aliphatic carbocycles. The molecule has 2 fully saturated rings. The van der Waals surface area contributed by atoms with Crippen molar-refractivity contribution in [2.75, 3.05) is 40.9 Å². The second-order valence-corrected chi connectivity index (χ2v) is 14.9. The summed E-state index contributed by atoms with van der Waals surface area (Å²) < 4.78 is 35.6. The number of aliphatic hydroxyl groups is 3. The standard InChI is InChI=1S/C34H42N4O8S/c1-36(2)47(44,45)35-33(42)21-9-11-27-28(15-21)38-17-23(34(43)37-16-24(19-39)32(41)29(40)18-37)13-22-14-25(46-3)10-12-26(22)31(38)30(27)20-7-5-4-6-8-20/h9-15,20,24,29,32,39-41H,4-8,16-19H2,1-3H3,(H,35,42)/t24-,29-,32+/m1/s1. The molecule has 13 heteroatoms. The molecule has 3 aliphatic rings. The molecular weight excluding hydrogens is 624 g/mol. The van der Waals surface area contributed by atoms with Crippen molar-refractivity contribution >= 4 is 39.0 Å². The molecule has 0 radical (unpaired) electrons. The Balaban J connectivity index is 1.54. The van der Waals surface area contributed by atoms with Gasteiger partial charge in [0.1, 0.15) is 5.75 Å². The van der Waals surface area contributed by atoms with Crippen molar-refractivity contribution in [1.29, 1.82) is 0 Å². The molecule has 12 nitrogen and oxygen atoms in total. The highest BCUT2D eigenvalue weighted by Crippen LogP contribution is 2.47. The largest absolute Gasteiger partial charge is 0.497 e. The summed E-state index contributed by atoms with van der Waals surface area (Å²) >= 11 is 0. The number of carbonyl (C=O) groups excluding carboxylic acids is 2. The van der Waals surface area contributed by atoms with Gasteiger partial charge in [-0.05, 0) is 66.3 Å². The van der Waals surface area contributed by atoms with Crippen molar-refractivity contribution in [1.82, 2.24) is 18.5 Å². The lowest BCUT2D eigenvalue weighted by atomic mass is 9.81. The summed E-state index contributed by atoms with van der Waals surface area (Å²) in [6, 6.07) is 10.9. The summed E-state index contributed by atoms with van der Waals surface area (Å²) in [6.07, 6.45) is 4.82. The van der Waals surface area contributed by atoms with Gasteiger partial charge in [0.25, 0.3) is 11.8 Å². The Morgan fingerprint density at radius 3 is 2.47 bits per heavy atom. The number of β-amino-alcohol motifs (C(OH)–C–C–N with tert-alkyl or cyclic N) is 1. The second kappa shape index (κ2) is 13.0. The van der Waals surface area contributed by atoms with E-state index in [9.17, 15) is 33.3 Å². The van der Waals surface area contributed by atoms with E-state index in [0.717, 1.165) is 64.2 Å². The minimum atomic E-state index is -4.03. The van der Waals surface area contributed by atoms with Crippen LogP contribution in [0.4, 0.5) is 0 Å². The third-order valence-corrected chi connectivity index (χ3v) is 11.2. The molecule has 1 aromatic heterocycles. The number of ether oxygens (including phenoxy) is 1. The number of methoxy groups -OCH3 is 1. The maximum absolute atomic E-state index is 14.2. The summed E-state index contributed by atoms with van der Waals surface area (Å²) in [7, 11) is 0.227. The molecule has 1 saturated carbocycles. The number of hydrogen-bond acceptors (Lipinski definition) is 8. The van der Waals surface area contributed by atoms with Crippen LogP contribution in [-0.4, -0.2) is 102 Å². The third-order valence-electron chi connectivity index (χ3n) is 9.79. The zero-order chi connectivity index (χ0) is 33.6. The smallest absolute Gasteiger partial charge is 0.303 e. The van der Waals surface area contributed by atoms with E-state index in [4.69, 9.17) is 4.74 Å². The van der Waals surface area contributed by atoms with Crippen molar-refractivity contribution < 1.29 is 38.1 Å². The lowest BCUT2D eigenvalue weighted by Crippen LogP contribution is -2.55. The van der Waals surface area contributed by atoms with Crippen molar-refractivity contribution in [2.45, 2.75) is 56.8 Å². The van der Waals surface area contributed by atoms with Gasteiger partial charge in [0.05, 0.1) is 38.2 Å². The Bertz CT molecular complexity index is 1840. The number of piperidine rings is 1. The number of aliphatic hydroxyl groups excluding tert-OH is 3. The fourth-order valence-corrected chi connectivity index (χ4v) is 7.76. The van der Waals surface area contributed by atoms with Crippen molar-refractivity contribution in [2.24, 2.45) is 5.92 Å². The highest BCUT2D eigenvalue weighted by atomic mass is 32.2. The van der Waals surface area contributed by atoms with Gasteiger partial charge in [-0.3, -0.25) is 9.59 Å². The number of nitrogens with zero attached hydrogens (tertiary/aromatic N) is 3. The van der Waals surface area contributed by atoms with E-state index in [1.807, 2.05) is 34.9 Å². The van der Waals surface area contributed by atoms with Crippen LogP contribution in [0.5, 0.6) is 5.75 Å². The lowest BCUT2D eigenvalue weighted by molar-refractivity contribution is -0.139. The van der Waals surface area contributed by atoms with E-state index in [-0.39, 0.29) is 43.6 Å². The molecule has 3 heterocycles. The molecule has 2 amide bonds. The molecule has 4 N–H and O–H groups in total. The Labute approximate surface area is 274 Å². The molecule has 2 aromatic carbocycles. The Kier molecular flexibility index (Phi) is 9.20. The fourth-order valence-electron chi connectivity index (χ4n) is 7.23. The predicted octanol–water partition coefficient (Wildman–Crippen LogP) is 2.47. The Hall–Kier alpha value is -3.75. The first kappa shape index (κ1) is 33.2. The van der Waals surface area contributed by atoms with E-state index in [2.05, 4.69) is 4.72 Å². The number of amides is 2. The summed E-state index contributed by atoms with van der Waals surface area (Å²) in [5.74, 6) is -0.942. The van der Waals surface area contributed by atoms with E-state index in [0.29, 0.717) is 16.8 Å². The third kappa shape index (κ3) is 6.18. The minimum absolute atomic E-state index is 0.0765. The SMILES string of the molecule is COc1ccc2c(c1)C=C(C(=O)N1C[C@H](CO)[C@H](O)[C@H](O)C1)Cn1c-2c(C2CCCCC2)c2ccc(C(=O)NS(=O)(=O)N(C)C)cc21. The number of likely N-dealkylation sites (tertiary alicyclic amines) is 1. The Morgan fingerprint density at radius 1 is 1.04 bits per heavy atom. The first-order valence-corrected chi connectivity index (χ1v) is 17.4. The zero-order valence-electron chi connectivity index (χ0n) is 26.8. The molecule has 0 unspecified atom stereocenters. The van der Waals surface area contributed by atoms with Crippen LogP contribution in [0, 0.1) is 5.92 Å². The molecule has 3 aromatic rings. The van der Waals surface area contributed by atoms with E-state index < -0.39 is 34.2 Å². The molecule has 47 heavy (non-hydrogen) atoms. The van der Waals surface area contributed by atoms with Gasteiger partial charge in [-0.15, -0.1) is 0 Å². The van der Waals surface area contributed by atoms with Crippen molar-refractivity contribution in [3.05, 3.63) is 58.7 Å². The topological polar surface area (TPSA) is 162 Å². The molecular formula is C34H42N4O8S. The predicted molar refractivity (Wildman–Crippen MR) is 177 cm³/mol. The molecule has 1 saturated heterocycles. The first-order valence-electron chi connectivity index (χ1n) is 16.0. The molecule has 3 atom stereocenters.